The number of nitrogen functional groups attached to an aromatic ring is 1. The number of pyridine rings is 1. The van der Waals surface area contributed by atoms with Gasteiger partial charge in [0.05, 0.1) is 47.9 Å². The quantitative estimate of drug-likeness (QED) is 0.262. The number of fused-ring (bicyclic) bond motifs is 1. The average molecular weight is 502 g/mol. The molecule has 194 valence electrons. The molecule has 0 spiro atoms. The van der Waals surface area contributed by atoms with Crippen LogP contribution in [0, 0.1) is 0 Å². The highest BCUT2D eigenvalue weighted by atomic mass is 16.5. The van der Waals surface area contributed by atoms with Crippen molar-refractivity contribution < 1.29 is 9.53 Å². The van der Waals surface area contributed by atoms with Crippen LogP contribution in [0.15, 0.2) is 73.6 Å². The third kappa shape index (κ3) is 5.40. The van der Waals surface area contributed by atoms with Crippen molar-refractivity contribution in [2.45, 2.75) is 20.8 Å². The molecule has 1 aliphatic heterocycles. The standard InChI is InChI=1S/C26H29N7O2.C2H6/c1-6-18(7-2)16(3)32-8-10-33(11-9-32)17(4)26(34)19-12-30-25-23(19)21(35-5)14-31-24(25)20-13-29-22(27)15-28-20;1-2/h6-7,12-15,30H,1,3-4,8-11H2,2,5H3,(H2,27,29);1-2H3/b18-7+;. The first kappa shape index (κ1) is 27.2. The Labute approximate surface area is 218 Å². The zero-order valence-corrected chi connectivity index (χ0v) is 22.0. The van der Waals surface area contributed by atoms with Crippen molar-refractivity contribution in [1.82, 2.24) is 29.7 Å². The Bertz CT molecular complexity index is 1330. The molecule has 3 N–H and O–H groups in total. The minimum Gasteiger partial charge on any atom is -0.494 e. The lowest BCUT2D eigenvalue weighted by Crippen LogP contribution is -2.46. The number of carbonyl (C=O) groups is 1. The van der Waals surface area contributed by atoms with Gasteiger partial charge in [-0.15, -0.1) is 0 Å². The lowest BCUT2D eigenvalue weighted by Gasteiger charge is -2.38. The van der Waals surface area contributed by atoms with Crippen molar-refractivity contribution in [3.05, 3.63) is 79.2 Å². The van der Waals surface area contributed by atoms with Crippen molar-refractivity contribution in [3.63, 3.8) is 0 Å². The van der Waals surface area contributed by atoms with Gasteiger partial charge in [-0.25, -0.2) is 15.0 Å². The first-order valence-electron chi connectivity index (χ1n) is 12.2. The molecule has 0 atom stereocenters. The molecular formula is C28H35N7O2. The van der Waals surface area contributed by atoms with Crippen LogP contribution in [-0.2, 0) is 0 Å². The van der Waals surface area contributed by atoms with Crippen LogP contribution in [0.5, 0.6) is 5.75 Å². The summed E-state index contributed by atoms with van der Waals surface area (Å²) in [5, 5.41) is 0.623. The minimum atomic E-state index is -0.178. The van der Waals surface area contributed by atoms with Gasteiger partial charge in [0.1, 0.15) is 23.0 Å². The van der Waals surface area contributed by atoms with E-state index in [2.05, 4.69) is 44.6 Å². The number of allylic oxidation sites excluding steroid dienone is 3. The number of carbonyl (C=O) groups excluding carboxylic acids is 1. The topological polar surface area (TPSA) is 113 Å². The Morgan fingerprint density at radius 3 is 2.24 bits per heavy atom. The fourth-order valence-electron chi connectivity index (χ4n) is 4.24. The summed E-state index contributed by atoms with van der Waals surface area (Å²) in [7, 11) is 1.55. The van der Waals surface area contributed by atoms with Crippen LogP contribution < -0.4 is 10.5 Å². The lowest BCUT2D eigenvalue weighted by atomic mass is 10.0. The second kappa shape index (κ2) is 12.0. The molecule has 4 rings (SSSR count). The molecule has 1 fully saturated rings. The number of Topliss-reactive ketones (excluding diaryl/α,β-unsaturated/α-hetero) is 1. The van der Waals surface area contributed by atoms with E-state index in [1.165, 1.54) is 6.20 Å². The Morgan fingerprint density at radius 2 is 1.70 bits per heavy atom. The molecule has 1 aliphatic rings. The molecule has 37 heavy (non-hydrogen) atoms. The van der Waals surface area contributed by atoms with Crippen LogP contribution in [0.25, 0.3) is 22.3 Å². The summed E-state index contributed by atoms with van der Waals surface area (Å²) < 4.78 is 5.53. The number of aromatic amines is 1. The molecule has 0 amide bonds. The number of hydrogen-bond donors (Lipinski definition) is 2. The first-order valence-corrected chi connectivity index (χ1v) is 12.2. The van der Waals surface area contributed by atoms with E-state index >= 15 is 0 Å². The zero-order valence-electron chi connectivity index (χ0n) is 22.0. The van der Waals surface area contributed by atoms with Crippen molar-refractivity contribution in [3.8, 4) is 17.1 Å². The van der Waals surface area contributed by atoms with Gasteiger partial charge in [-0.2, -0.15) is 0 Å². The van der Waals surface area contributed by atoms with E-state index in [4.69, 9.17) is 10.5 Å². The van der Waals surface area contributed by atoms with Crippen LogP contribution in [0.3, 0.4) is 0 Å². The number of nitrogens with one attached hydrogen (secondary N) is 1. The van der Waals surface area contributed by atoms with E-state index in [1.807, 2.05) is 31.7 Å². The van der Waals surface area contributed by atoms with Gasteiger partial charge in [0, 0.05) is 38.1 Å². The molecule has 0 bridgehead atoms. The number of anilines is 1. The fourth-order valence-corrected chi connectivity index (χ4v) is 4.24. The third-order valence-electron chi connectivity index (χ3n) is 6.22. The van der Waals surface area contributed by atoms with E-state index in [0.29, 0.717) is 58.2 Å². The number of nitrogens with zero attached hydrogens (tertiary/aromatic N) is 5. The molecule has 3 aromatic rings. The van der Waals surface area contributed by atoms with E-state index in [1.54, 1.807) is 31.8 Å². The maximum atomic E-state index is 13.6. The average Bonchev–Trinajstić information content (AvgIpc) is 3.39. The molecule has 0 radical (unpaired) electrons. The lowest BCUT2D eigenvalue weighted by molar-refractivity contribution is 0.0969. The van der Waals surface area contributed by atoms with Crippen LogP contribution in [0.1, 0.15) is 31.1 Å². The number of ketones is 1. The summed E-state index contributed by atoms with van der Waals surface area (Å²) in [4.78, 5) is 33.8. The maximum absolute atomic E-state index is 13.6. The summed E-state index contributed by atoms with van der Waals surface area (Å²) in [5.41, 5.74) is 10.2. The molecule has 0 aliphatic carbocycles. The Kier molecular flexibility index (Phi) is 8.84. The Hall–Kier alpha value is -4.40. The van der Waals surface area contributed by atoms with Gasteiger partial charge >= 0.3 is 0 Å². The summed E-state index contributed by atoms with van der Waals surface area (Å²) in [6.07, 6.45) is 10.0. The number of H-pyrrole nitrogens is 1. The summed E-state index contributed by atoms with van der Waals surface area (Å²) in [5.74, 6) is 0.615. The maximum Gasteiger partial charge on any atom is 0.210 e. The van der Waals surface area contributed by atoms with Crippen molar-refractivity contribution in [1.29, 1.82) is 0 Å². The van der Waals surface area contributed by atoms with Crippen LogP contribution in [0.4, 0.5) is 5.82 Å². The number of aromatic nitrogens is 4. The van der Waals surface area contributed by atoms with Crippen LogP contribution in [-0.4, -0.2) is 68.8 Å². The van der Waals surface area contributed by atoms with Gasteiger partial charge in [-0.05, 0) is 12.5 Å². The summed E-state index contributed by atoms with van der Waals surface area (Å²) >= 11 is 0. The second-order valence-corrected chi connectivity index (χ2v) is 8.10. The molecule has 3 aromatic heterocycles. The van der Waals surface area contributed by atoms with Crippen molar-refractivity contribution >= 4 is 22.5 Å². The molecule has 0 aromatic carbocycles. The number of piperazine rings is 1. The summed E-state index contributed by atoms with van der Waals surface area (Å²) in [6.45, 7) is 20.9. The summed E-state index contributed by atoms with van der Waals surface area (Å²) in [6, 6.07) is 0. The van der Waals surface area contributed by atoms with Gasteiger partial charge in [0.2, 0.25) is 5.78 Å². The van der Waals surface area contributed by atoms with E-state index in [-0.39, 0.29) is 5.78 Å². The van der Waals surface area contributed by atoms with Gasteiger partial charge < -0.3 is 25.3 Å². The monoisotopic (exact) mass is 501 g/mol. The van der Waals surface area contributed by atoms with Crippen LogP contribution >= 0.6 is 0 Å². The largest absolute Gasteiger partial charge is 0.494 e. The predicted octanol–water partition coefficient (Wildman–Crippen LogP) is 4.60. The Balaban J connectivity index is 0.00000186. The third-order valence-corrected chi connectivity index (χ3v) is 6.22. The van der Waals surface area contributed by atoms with Gasteiger partial charge in [0.15, 0.2) is 0 Å². The molecule has 9 heteroatoms. The first-order chi connectivity index (χ1) is 17.9. The minimum absolute atomic E-state index is 0.178. The van der Waals surface area contributed by atoms with Crippen molar-refractivity contribution in [2.24, 2.45) is 0 Å². The van der Waals surface area contributed by atoms with E-state index in [0.717, 1.165) is 24.4 Å². The van der Waals surface area contributed by atoms with Gasteiger partial charge in [0.25, 0.3) is 0 Å². The molecule has 0 unspecified atom stereocenters. The SMILES string of the molecule is C=C/C(=C\C)C(=C)N1CCN(C(=C)C(=O)c2c[nH]c3c(-c4cnc(N)cn4)ncc(OC)c23)CC1.CC. The highest BCUT2D eigenvalue weighted by Crippen LogP contribution is 2.35. The van der Waals surface area contributed by atoms with Gasteiger partial charge in [-0.1, -0.05) is 45.7 Å². The molecule has 9 nitrogen and oxygen atoms in total. The van der Waals surface area contributed by atoms with E-state index in [9.17, 15) is 4.79 Å². The molecule has 0 saturated carbocycles. The predicted molar refractivity (Wildman–Crippen MR) is 149 cm³/mol. The molecule has 1 saturated heterocycles. The highest BCUT2D eigenvalue weighted by molar-refractivity contribution is 6.18. The Morgan fingerprint density at radius 1 is 1.05 bits per heavy atom. The van der Waals surface area contributed by atoms with Crippen molar-refractivity contribution in [2.75, 3.05) is 39.0 Å². The fraction of sp³-hybridized carbons (Fsp3) is 0.286. The normalized spacial score (nSPS) is 13.6. The van der Waals surface area contributed by atoms with E-state index < -0.39 is 0 Å². The van der Waals surface area contributed by atoms with Crippen LogP contribution in [0.2, 0.25) is 0 Å². The number of rotatable bonds is 8. The number of hydrogen-bond acceptors (Lipinski definition) is 8. The highest BCUT2D eigenvalue weighted by Gasteiger charge is 2.27. The number of nitrogens with two attached hydrogens (primary N) is 1. The number of methoxy groups -OCH3 is 1. The number of ether oxygens (including phenoxy) is 1. The molecule has 4 heterocycles. The molecular weight excluding hydrogens is 466 g/mol. The second-order valence-electron chi connectivity index (χ2n) is 8.10. The smallest absolute Gasteiger partial charge is 0.210 e. The zero-order chi connectivity index (χ0) is 27.1. The van der Waals surface area contributed by atoms with Gasteiger partial charge in [-0.3, -0.25) is 4.79 Å².